The van der Waals surface area contributed by atoms with Crippen molar-refractivity contribution >= 4 is 50.5 Å². The smallest absolute Gasteiger partial charge is 0.419 e. The fourth-order valence-corrected chi connectivity index (χ4v) is 4.82. The van der Waals surface area contributed by atoms with E-state index in [1.165, 1.54) is 4.90 Å². The monoisotopic (exact) mass is 560 g/mol. The second-order valence-corrected chi connectivity index (χ2v) is 9.29. The largest absolute Gasteiger partial charge is 0.428 e. The molecule has 3 heterocycles. The molecule has 1 aromatic carbocycles. The number of aliphatic hydroxyl groups is 1. The SMILES string of the molecule is CCC(C(=O)OCOC(=O)N1CCN=C1Nc1ccc2[nH]ccc2c1Br)[C@H](CO)Cc1cncn1C. The lowest BCUT2D eigenvalue weighted by molar-refractivity contribution is -0.160. The topological polar surface area (TPSA) is 134 Å². The number of aliphatic hydroxyl groups excluding tert-OH is 1. The van der Waals surface area contributed by atoms with E-state index in [0.29, 0.717) is 31.9 Å². The Bertz CT molecular complexity index is 1250. The summed E-state index contributed by atoms with van der Waals surface area (Å²) in [4.78, 5) is 38.3. The number of benzene rings is 1. The van der Waals surface area contributed by atoms with Crippen LogP contribution in [0.2, 0.25) is 0 Å². The van der Waals surface area contributed by atoms with Gasteiger partial charge in [0.2, 0.25) is 12.8 Å². The zero-order valence-electron chi connectivity index (χ0n) is 20.1. The molecular formula is C24H29BrN6O5. The Balaban J connectivity index is 1.31. The number of halogens is 1. The van der Waals surface area contributed by atoms with Gasteiger partial charge in [-0.15, -0.1) is 0 Å². The lowest BCUT2D eigenvalue weighted by atomic mass is 9.87. The minimum atomic E-state index is -0.674. The third kappa shape index (κ3) is 5.54. The van der Waals surface area contributed by atoms with Gasteiger partial charge < -0.3 is 29.4 Å². The summed E-state index contributed by atoms with van der Waals surface area (Å²) < 4.78 is 13.2. The van der Waals surface area contributed by atoms with Gasteiger partial charge in [-0.1, -0.05) is 6.92 Å². The first-order valence-electron chi connectivity index (χ1n) is 11.7. The van der Waals surface area contributed by atoms with Crippen LogP contribution in [0.15, 0.2) is 46.4 Å². The maximum absolute atomic E-state index is 12.7. The average Bonchev–Trinajstić information content (AvgIpc) is 3.62. The van der Waals surface area contributed by atoms with Gasteiger partial charge in [-0.3, -0.25) is 9.79 Å². The number of esters is 1. The molecule has 192 valence electrons. The molecule has 0 fully saturated rings. The number of fused-ring (bicyclic) bond motifs is 1. The van der Waals surface area contributed by atoms with Crippen molar-refractivity contribution in [3.05, 3.63) is 47.1 Å². The van der Waals surface area contributed by atoms with Gasteiger partial charge in [0.15, 0.2) is 0 Å². The van der Waals surface area contributed by atoms with Crippen molar-refractivity contribution in [3.8, 4) is 0 Å². The Morgan fingerprint density at radius 1 is 1.31 bits per heavy atom. The second-order valence-electron chi connectivity index (χ2n) is 8.50. The molecule has 1 aliphatic rings. The molecule has 3 N–H and O–H groups in total. The van der Waals surface area contributed by atoms with Crippen LogP contribution in [0.4, 0.5) is 10.5 Å². The number of carbonyl (C=O) groups excluding carboxylic acids is 2. The first-order valence-corrected chi connectivity index (χ1v) is 12.5. The summed E-state index contributed by atoms with van der Waals surface area (Å²) in [6.07, 6.45) is 5.51. The second kappa shape index (κ2) is 11.6. The number of H-pyrrole nitrogens is 1. The number of imidazole rings is 1. The molecular weight excluding hydrogens is 532 g/mol. The number of ether oxygens (including phenoxy) is 2. The predicted octanol–water partition coefficient (Wildman–Crippen LogP) is 3.26. The highest BCUT2D eigenvalue weighted by molar-refractivity contribution is 9.10. The first kappa shape index (κ1) is 25.7. The molecule has 1 aliphatic heterocycles. The highest BCUT2D eigenvalue weighted by atomic mass is 79.9. The van der Waals surface area contributed by atoms with Crippen molar-refractivity contribution in [2.24, 2.45) is 23.9 Å². The molecule has 12 heteroatoms. The van der Waals surface area contributed by atoms with E-state index in [1.807, 2.05) is 42.9 Å². The summed E-state index contributed by atoms with van der Waals surface area (Å²) in [6, 6.07) is 5.75. The lowest BCUT2D eigenvalue weighted by Gasteiger charge is -2.23. The van der Waals surface area contributed by atoms with E-state index >= 15 is 0 Å². The van der Waals surface area contributed by atoms with E-state index in [9.17, 15) is 14.7 Å². The van der Waals surface area contributed by atoms with Crippen LogP contribution >= 0.6 is 15.9 Å². The number of aromatic amines is 1. The van der Waals surface area contributed by atoms with E-state index in [4.69, 9.17) is 9.47 Å². The number of aromatic nitrogens is 3. The van der Waals surface area contributed by atoms with Crippen LogP contribution in [0.25, 0.3) is 10.9 Å². The molecule has 3 aromatic rings. The fraction of sp³-hybridized carbons (Fsp3) is 0.417. The summed E-state index contributed by atoms with van der Waals surface area (Å²) in [7, 11) is 1.86. The molecule has 36 heavy (non-hydrogen) atoms. The van der Waals surface area contributed by atoms with Crippen LogP contribution in [-0.4, -0.2) is 69.1 Å². The highest BCUT2D eigenvalue weighted by Gasteiger charge is 2.30. The molecule has 0 saturated heterocycles. The van der Waals surface area contributed by atoms with Gasteiger partial charge in [0.05, 0.1) is 35.5 Å². The van der Waals surface area contributed by atoms with Crippen molar-refractivity contribution in [1.29, 1.82) is 0 Å². The summed E-state index contributed by atoms with van der Waals surface area (Å²) >= 11 is 3.59. The van der Waals surface area contributed by atoms with Gasteiger partial charge in [0, 0.05) is 48.6 Å². The number of guanidine groups is 1. The maximum atomic E-state index is 12.7. The average molecular weight is 561 g/mol. The molecule has 1 amide bonds. The fourth-order valence-electron chi connectivity index (χ4n) is 4.24. The molecule has 0 saturated carbocycles. The van der Waals surface area contributed by atoms with Crippen molar-refractivity contribution < 1.29 is 24.2 Å². The van der Waals surface area contributed by atoms with Crippen molar-refractivity contribution in [1.82, 2.24) is 19.4 Å². The number of hydrogen-bond donors (Lipinski definition) is 3. The molecule has 0 spiro atoms. The van der Waals surface area contributed by atoms with E-state index in [-0.39, 0.29) is 12.5 Å². The zero-order valence-corrected chi connectivity index (χ0v) is 21.7. The van der Waals surface area contributed by atoms with E-state index in [2.05, 4.69) is 36.2 Å². The number of amides is 1. The van der Waals surface area contributed by atoms with Gasteiger partial charge in [0.25, 0.3) is 0 Å². The predicted molar refractivity (Wildman–Crippen MR) is 137 cm³/mol. The molecule has 0 aliphatic carbocycles. The van der Waals surface area contributed by atoms with Gasteiger partial charge in [0.1, 0.15) is 0 Å². The van der Waals surface area contributed by atoms with Crippen LogP contribution in [0, 0.1) is 11.8 Å². The number of hydrogen-bond acceptors (Lipinski definition) is 8. The van der Waals surface area contributed by atoms with Gasteiger partial charge in [-0.05, 0) is 47.0 Å². The Morgan fingerprint density at radius 3 is 2.86 bits per heavy atom. The van der Waals surface area contributed by atoms with Gasteiger partial charge >= 0.3 is 12.1 Å². The van der Waals surface area contributed by atoms with E-state index in [0.717, 1.165) is 26.8 Å². The maximum Gasteiger partial charge on any atom is 0.419 e. The van der Waals surface area contributed by atoms with Crippen molar-refractivity contribution in [2.75, 3.05) is 31.8 Å². The summed E-state index contributed by atoms with van der Waals surface area (Å²) in [5.41, 5.74) is 2.64. The minimum Gasteiger partial charge on any atom is -0.428 e. The van der Waals surface area contributed by atoms with Crippen LogP contribution in [0.5, 0.6) is 0 Å². The zero-order chi connectivity index (χ0) is 25.7. The third-order valence-corrected chi connectivity index (χ3v) is 7.15. The molecule has 0 radical (unpaired) electrons. The van der Waals surface area contributed by atoms with Crippen LogP contribution in [-0.2, 0) is 27.7 Å². The third-order valence-electron chi connectivity index (χ3n) is 6.29. The number of nitrogens with one attached hydrogen (secondary N) is 2. The van der Waals surface area contributed by atoms with Crippen LogP contribution in [0.1, 0.15) is 19.0 Å². The standard InChI is InChI=1S/C24H29BrN6O5/c1-3-17(15(12-32)10-16-11-26-13-30(16)2)22(33)35-14-36-24(34)31-9-8-28-23(31)29-20-5-4-19-18(21(20)25)6-7-27-19/h4-7,11,13,15,17,27,32H,3,8-10,12,14H2,1-2H3,(H,28,29)/t15-,17?/m0/s1. The van der Waals surface area contributed by atoms with Crippen LogP contribution in [0.3, 0.4) is 0 Å². The lowest BCUT2D eigenvalue weighted by Crippen LogP contribution is -2.39. The Hall–Kier alpha value is -3.38. The Kier molecular flexibility index (Phi) is 8.26. The number of aliphatic imine (C=N–C) groups is 1. The highest BCUT2D eigenvalue weighted by Crippen LogP contribution is 2.31. The summed E-state index contributed by atoms with van der Waals surface area (Å²) in [6.45, 7) is 1.91. The number of carbonyl (C=O) groups is 2. The Labute approximate surface area is 216 Å². The summed E-state index contributed by atoms with van der Waals surface area (Å²) in [5, 5.41) is 14.0. The molecule has 0 bridgehead atoms. The van der Waals surface area contributed by atoms with Crippen molar-refractivity contribution in [2.45, 2.75) is 19.8 Å². The van der Waals surface area contributed by atoms with Crippen molar-refractivity contribution in [3.63, 3.8) is 0 Å². The molecule has 2 atom stereocenters. The van der Waals surface area contributed by atoms with Gasteiger partial charge in [-0.25, -0.2) is 14.7 Å². The van der Waals surface area contributed by atoms with Crippen LogP contribution < -0.4 is 5.32 Å². The Morgan fingerprint density at radius 2 is 2.14 bits per heavy atom. The molecule has 11 nitrogen and oxygen atoms in total. The molecule has 4 rings (SSSR count). The number of nitrogens with zero attached hydrogens (tertiary/aromatic N) is 4. The minimum absolute atomic E-state index is 0.179. The number of aryl methyl sites for hydroxylation is 1. The summed E-state index contributed by atoms with van der Waals surface area (Å²) in [5.74, 6) is -1.06. The van der Waals surface area contributed by atoms with E-state index in [1.54, 1.807) is 12.5 Å². The van der Waals surface area contributed by atoms with Gasteiger partial charge in [-0.2, -0.15) is 0 Å². The first-order chi connectivity index (χ1) is 17.4. The normalized spacial score (nSPS) is 15.0. The molecule has 2 aromatic heterocycles. The number of rotatable bonds is 9. The van der Waals surface area contributed by atoms with E-state index < -0.39 is 24.8 Å². The number of anilines is 1. The quantitative estimate of drug-likeness (QED) is 0.270. The molecule has 1 unspecified atom stereocenters.